The lowest BCUT2D eigenvalue weighted by Gasteiger charge is -2.43. The van der Waals surface area contributed by atoms with Gasteiger partial charge in [-0.3, -0.25) is 4.79 Å². The van der Waals surface area contributed by atoms with Gasteiger partial charge in [0.2, 0.25) is 0 Å². The summed E-state index contributed by atoms with van der Waals surface area (Å²) in [5.74, 6) is -0.669. The number of halogens is 2. The molecule has 0 unspecified atom stereocenters. The highest BCUT2D eigenvalue weighted by molar-refractivity contribution is 7.91. The molecular formula is C26H30ClFN4O3S. The van der Waals surface area contributed by atoms with Crippen LogP contribution >= 0.6 is 11.6 Å². The first-order chi connectivity index (χ1) is 16.8. The molecule has 3 heterocycles. The van der Waals surface area contributed by atoms with Crippen molar-refractivity contribution in [1.29, 1.82) is 0 Å². The second-order valence-electron chi connectivity index (χ2n) is 11.1. The van der Waals surface area contributed by atoms with Crippen LogP contribution in [0.5, 0.6) is 0 Å². The molecule has 0 saturated carbocycles. The summed E-state index contributed by atoms with van der Waals surface area (Å²) in [4.78, 5) is 22.0. The van der Waals surface area contributed by atoms with E-state index in [9.17, 15) is 17.6 Å². The van der Waals surface area contributed by atoms with Gasteiger partial charge in [-0.15, -0.1) is 0 Å². The van der Waals surface area contributed by atoms with Gasteiger partial charge < -0.3 is 14.4 Å². The number of benzene rings is 2. The average Bonchev–Trinajstić information content (AvgIpc) is 3.27. The quantitative estimate of drug-likeness (QED) is 0.488. The molecule has 36 heavy (non-hydrogen) atoms. The number of aromatic nitrogens is 2. The normalized spacial score (nSPS) is 20.4. The predicted molar refractivity (Wildman–Crippen MR) is 139 cm³/mol. The van der Waals surface area contributed by atoms with Crippen molar-refractivity contribution in [1.82, 2.24) is 14.5 Å². The molecular weight excluding hydrogens is 503 g/mol. The highest BCUT2D eigenvalue weighted by Crippen LogP contribution is 2.40. The third kappa shape index (κ3) is 4.47. The van der Waals surface area contributed by atoms with Crippen molar-refractivity contribution in [2.75, 3.05) is 23.7 Å². The highest BCUT2D eigenvalue weighted by atomic mass is 35.5. The van der Waals surface area contributed by atoms with Crippen LogP contribution in [-0.2, 0) is 16.9 Å². The fourth-order valence-corrected chi connectivity index (χ4v) is 7.71. The molecule has 1 aromatic heterocycles. The molecule has 3 aromatic rings. The Morgan fingerprint density at radius 2 is 1.81 bits per heavy atom. The van der Waals surface area contributed by atoms with Crippen molar-refractivity contribution >= 4 is 44.1 Å². The molecule has 0 N–H and O–H groups in total. The van der Waals surface area contributed by atoms with E-state index in [2.05, 4.69) is 9.88 Å². The number of carbonyl (C=O) groups excluding carboxylic acids is 1. The second-order valence-corrected chi connectivity index (χ2v) is 13.5. The largest absolute Gasteiger partial charge is 0.360 e. The van der Waals surface area contributed by atoms with Gasteiger partial charge in [0.05, 0.1) is 44.3 Å². The van der Waals surface area contributed by atoms with E-state index in [0.29, 0.717) is 18.6 Å². The monoisotopic (exact) mass is 532 g/mol. The number of piperazine rings is 1. The van der Waals surface area contributed by atoms with Gasteiger partial charge in [0.1, 0.15) is 5.82 Å². The molecule has 0 aliphatic carbocycles. The Bertz CT molecular complexity index is 1450. The minimum atomic E-state index is -3.53. The first-order valence-corrected chi connectivity index (χ1v) is 14.1. The number of imidazole rings is 1. The van der Waals surface area contributed by atoms with Gasteiger partial charge in [-0.2, -0.15) is 0 Å². The molecule has 1 amide bonds. The molecule has 2 fully saturated rings. The Morgan fingerprint density at radius 1 is 1.14 bits per heavy atom. The van der Waals surface area contributed by atoms with E-state index in [0.717, 1.165) is 30.1 Å². The summed E-state index contributed by atoms with van der Waals surface area (Å²) in [6, 6.07) is 7.31. The number of rotatable bonds is 4. The number of anilines is 1. The Hall–Kier alpha value is -2.65. The van der Waals surface area contributed by atoms with Crippen molar-refractivity contribution in [3.63, 3.8) is 0 Å². The third-order valence-corrected chi connectivity index (χ3v) is 9.47. The lowest BCUT2D eigenvalue weighted by molar-refractivity contribution is 0.0718. The van der Waals surface area contributed by atoms with Gasteiger partial charge in [-0.1, -0.05) is 32.4 Å². The number of hydrogen-bond donors (Lipinski definition) is 0. The number of hydrogen-bond acceptors (Lipinski definition) is 5. The standard InChI is InChI=1S/C26H30ClFN4O3S/c1-26(2,3)14-36(34,35)19-10-22-24(30(4)15-29-22)23(11-19)32-17-6-7-18(32)13-31(12-17)25(33)20-8-5-16(28)9-21(20)27/h5,8-11,15,17-18H,6-7,12-14H2,1-4H3/t17-,18+. The van der Waals surface area contributed by atoms with E-state index in [1.807, 2.05) is 32.4 Å². The highest BCUT2D eigenvalue weighted by Gasteiger charge is 2.43. The van der Waals surface area contributed by atoms with E-state index < -0.39 is 15.7 Å². The molecule has 2 bridgehead atoms. The maximum Gasteiger partial charge on any atom is 0.255 e. The maximum atomic E-state index is 13.5. The Labute approximate surface area is 215 Å². The SMILES string of the molecule is Cn1cnc2cc(S(=O)(=O)CC(C)(C)C)cc(N3[C@@H]4CC[C@H]3CN(C(=O)c3ccc(F)cc3Cl)C4)c21. The smallest absolute Gasteiger partial charge is 0.255 e. The Morgan fingerprint density at radius 3 is 2.42 bits per heavy atom. The molecule has 0 spiro atoms. The molecule has 5 rings (SSSR count). The molecule has 2 saturated heterocycles. The van der Waals surface area contributed by atoms with Crippen LogP contribution in [0.2, 0.25) is 5.02 Å². The first-order valence-electron chi connectivity index (χ1n) is 12.0. The van der Waals surface area contributed by atoms with Gasteiger partial charge in [0.15, 0.2) is 9.84 Å². The summed E-state index contributed by atoms with van der Waals surface area (Å²) in [6.45, 7) is 6.68. The fourth-order valence-electron chi connectivity index (χ4n) is 5.57. The van der Waals surface area contributed by atoms with Crippen LogP contribution in [0.15, 0.2) is 41.6 Å². The van der Waals surface area contributed by atoms with Crippen LogP contribution in [0, 0.1) is 11.2 Å². The molecule has 2 aliphatic rings. The number of sulfone groups is 1. The predicted octanol–water partition coefficient (Wildman–Crippen LogP) is 4.68. The van der Waals surface area contributed by atoms with E-state index in [-0.39, 0.29) is 44.6 Å². The lowest BCUT2D eigenvalue weighted by atomic mass is 10.0. The summed E-state index contributed by atoms with van der Waals surface area (Å²) < 4.78 is 42.1. The number of aryl methyl sites for hydroxylation is 1. The van der Waals surface area contributed by atoms with Crippen molar-refractivity contribution in [2.45, 2.75) is 50.6 Å². The van der Waals surface area contributed by atoms with E-state index in [1.54, 1.807) is 23.4 Å². The van der Waals surface area contributed by atoms with Crippen LogP contribution in [0.4, 0.5) is 10.1 Å². The molecule has 192 valence electrons. The van der Waals surface area contributed by atoms with E-state index >= 15 is 0 Å². The van der Waals surface area contributed by atoms with Gasteiger partial charge in [0, 0.05) is 32.2 Å². The number of nitrogens with zero attached hydrogens (tertiary/aromatic N) is 4. The average molecular weight is 533 g/mol. The first kappa shape index (κ1) is 25.0. The van der Waals surface area contributed by atoms with Gasteiger partial charge in [-0.05, 0) is 48.6 Å². The zero-order chi connectivity index (χ0) is 26.0. The maximum absolute atomic E-state index is 13.5. The number of fused-ring (bicyclic) bond motifs is 3. The molecule has 2 aromatic carbocycles. The third-order valence-electron chi connectivity index (χ3n) is 6.96. The number of likely N-dealkylation sites (tertiary alicyclic amines) is 1. The van der Waals surface area contributed by atoms with Crippen LogP contribution in [0.3, 0.4) is 0 Å². The Kier molecular flexibility index (Phi) is 6.07. The second kappa shape index (κ2) is 8.73. The van der Waals surface area contributed by atoms with Crippen LogP contribution in [-0.4, -0.2) is 59.7 Å². The van der Waals surface area contributed by atoms with Crippen molar-refractivity contribution < 1.29 is 17.6 Å². The van der Waals surface area contributed by atoms with E-state index in [4.69, 9.17) is 11.6 Å². The van der Waals surface area contributed by atoms with Crippen molar-refractivity contribution in [3.05, 3.63) is 53.1 Å². The fraction of sp³-hybridized carbons (Fsp3) is 0.462. The lowest BCUT2D eigenvalue weighted by Crippen LogP contribution is -2.55. The van der Waals surface area contributed by atoms with Gasteiger partial charge in [0.25, 0.3) is 5.91 Å². The van der Waals surface area contributed by atoms with Crippen molar-refractivity contribution in [2.24, 2.45) is 12.5 Å². The molecule has 0 radical (unpaired) electrons. The summed E-state index contributed by atoms with van der Waals surface area (Å²) in [5, 5.41) is 0.100. The van der Waals surface area contributed by atoms with Crippen molar-refractivity contribution in [3.8, 4) is 0 Å². The molecule has 2 atom stereocenters. The zero-order valence-corrected chi connectivity index (χ0v) is 22.4. The van der Waals surface area contributed by atoms with Gasteiger partial charge >= 0.3 is 0 Å². The zero-order valence-electron chi connectivity index (χ0n) is 20.8. The Balaban J connectivity index is 1.51. The summed E-state index contributed by atoms with van der Waals surface area (Å²) in [5.41, 5.74) is 2.25. The summed E-state index contributed by atoms with van der Waals surface area (Å²) in [7, 11) is -1.63. The number of amides is 1. The van der Waals surface area contributed by atoms with Crippen LogP contribution in [0.25, 0.3) is 11.0 Å². The minimum absolute atomic E-state index is 0.0191. The summed E-state index contributed by atoms with van der Waals surface area (Å²) in [6.07, 6.45) is 3.46. The van der Waals surface area contributed by atoms with Crippen LogP contribution in [0.1, 0.15) is 44.0 Å². The topological polar surface area (TPSA) is 75.5 Å². The minimum Gasteiger partial charge on any atom is -0.360 e. The number of carbonyl (C=O) groups is 1. The van der Waals surface area contributed by atoms with E-state index in [1.165, 1.54) is 12.1 Å². The molecule has 7 nitrogen and oxygen atoms in total. The molecule has 10 heteroatoms. The molecule has 2 aliphatic heterocycles. The summed E-state index contributed by atoms with van der Waals surface area (Å²) >= 11 is 6.17. The van der Waals surface area contributed by atoms with Gasteiger partial charge in [-0.25, -0.2) is 17.8 Å². The van der Waals surface area contributed by atoms with Crippen LogP contribution < -0.4 is 4.90 Å².